The van der Waals surface area contributed by atoms with Crippen LogP contribution in [0.25, 0.3) is 0 Å². The molecule has 1 heteroatoms. The molecule has 0 N–H and O–H groups in total. The maximum absolute atomic E-state index is 4.03. The molecule has 0 unspecified atom stereocenters. The molecule has 0 aromatic carbocycles. The van der Waals surface area contributed by atoms with Crippen molar-refractivity contribution in [3.63, 3.8) is 0 Å². The summed E-state index contributed by atoms with van der Waals surface area (Å²) in [7, 11) is 0. The van der Waals surface area contributed by atoms with Crippen LogP contribution in [0.1, 0.15) is 104 Å². The predicted octanol–water partition coefficient (Wildman–Crippen LogP) is 7.68. The number of rotatable bonds is 20. The van der Waals surface area contributed by atoms with Gasteiger partial charge in [-0.1, -0.05) is 91.2 Å². The van der Waals surface area contributed by atoms with E-state index >= 15 is 0 Å². The molecule has 0 fully saturated rings. The molecular formula is C24H48N+. The summed E-state index contributed by atoms with van der Waals surface area (Å²) in [6.45, 7) is 17.5. The summed E-state index contributed by atoms with van der Waals surface area (Å²) in [5.74, 6) is 0. The van der Waals surface area contributed by atoms with E-state index in [-0.39, 0.29) is 0 Å². The average molecular weight is 351 g/mol. The second kappa shape index (κ2) is 18.2. The highest BCUT2D eigenvalue weighted by molar-refractivity contribution is 4.72. The van der Waals surface area contributed by atoms with Gasteiger partial charge in [0.2, 0.25) is 0 Å². The van der Waals surface area contributed by atoms with Crippen LogP contribution in [0.2, 0.25) is 0 Å². The Balaban J connectivity index is 4.10. The smallest absolute Gasteiger partial charge is 0.0973 e. The van der Waals surface area contributed by atoms with Crippen molar-refractivity contribution in [1.82, 2.24) is 0 Å². The Bertz CT molecular complexity index is 264. The van der Waals surface area contributed by atoms with Crippen LogP contribution >= 0.6 is 0 Å². The highest BCUT2D eigenvalue weighted by atomic mass is 15.3. The molecule has 0 bridgehead atoms. The lowest BCUT2D eigenvalue weighted by atomic mass is 10.1. The van der Waals surface area contributed by atoms with E-state index in [0.717, 1.165) is 13.1 Å². The first-order valence-corrected chi connectivity index (χ1v) is 11.3. The van der Waals surface area contributed by atoms with Gasteiger partial charge in [0.05, 0.1) is 26.2 Å². The number of nitrogens with zero attached hydrogens (tertiary/aromatic N) is 1. The van der Waals surface area contributed by atoms with E-state index in [1.54, 1.807) is 0 Å². The minimum Gasteiger partial charge on any atom is -0.317 e. The van der Waals surface area contributed by atoms with Gasteiger partial charge >= 0.3 is 0 Å². The quantitative estimate of drug-likeness (QED) is 0.120. The molecule has 0 aliphatic carbocycles. The first-order valence-electron chi connectivity index (χ1n) is 11.3. The lowest BCUT2D eigenvalue weighted by Crippen LogP contribution is -2.49. The largest absolute Gasteiger partial charge is 0.317 e. The minimum atomic E-state index is 1.11. The average Bonchev–Trinajstić information content (AvgIpc) is 2.61. The first kappa shape index (κ1) is 24.4. The lowest BCUT2D eigenvalue weighted by molar-refractivity contribution is -0.917. The summed E-state index contributed by atoms with van der Waals surface area (Å²) in [6, 6.07) is 0. The molecule has 0 aromatic heterocycles. The van der Waals surface area contributed by atoms with Crippen LogP contribution in [0, 0.1) is 0 Å². The summed E-state index contributed by atoms with van der Waals surface area (Å²) in [5, 5.41) is 0. The monoisotopic (exact) mass is 350 g/mol. The van der Waals surface area contributed by atoms with E-state index in [2.05, 4.69) is 39.2 Å². The lowest BCUT2D eigenvalue weighted by Gasteiger charge is -2.37. The van der Waals surface area contributed by atoms with Crippen LogP contribution in [-0.2, 0) is 0 Å². The molecule has 25 heavy (non-hydrogen) atoms. The number of hydrogen-bond acceptors (Lipinski definition) is 0. The van der Waals surface area contributed by atoms with Crippen LogP contribution in [0.15, 0.2) is 25.3 Å². The van der Waals surface area contributed by atoms with Crippen LogP contribution in [-0.4, -0.2) is 30.7 Å². The second-order valence-electron chi connectivity index (χ2n) is 7.97. The summed E-state index contributed by atoms with van der Waals surface area (Å²) in [5.41, 5.74) is 0. The molecule has 0 spiro atoms. The molecule has 0 heterocycles. The van der Waals surface area contributed by atoms with Crippen molar-refractivity contribution in [1.29, 1.82) is 0 Å². The zero-order valence-electron chi connectivity index (χ0n) is 17.7. The Labute approximate surface area is 160 Å². The summed E-state index contributed by atoms with van der Waals surface area (Å²) in [6.07, 6.45) is 23.8. The van der Waals surface area contributed by atoms with Gasteiger partial charge in [-0.3, -0.25) is 0 Å². The fourth-order valence-corrected chi connectivity index (χ4v) is 3.91. The van der Waals surface area contributed by atoms with E-state index in [1.807, 2.05) is 0 Å². The van der Waals surface area contributed by atoms with Crippen molar-refractivity contribution in [2.75, 3.05) is 26.2 Å². The minimum absolute atomic E-state index is 1.11. The predicted molar refractivity (Wildman–Crippen MR) is 116 cm³/mol. The van der Waals surface area contributed by atoms with Crippen molar-refractivity contribution in [3.05, 3.63) is 25.3 Å². The Morgan fingerprint density at radius 2 is 0.840 bits per heavy atom. The molecule has 0 saturated carbocycles. The SMILES string of the molecule is C=CC[N+](CC=C)(CCCCCCCCC)CCCCCCCCC. The molecule has 0 amide bonds. The molecule has 0 rings (SSSR count). The van der Waals surface area contributed by atoms with Gasteiger partial charge in [0.1, 0.15) is 0 Å². The van der Waals surface area contributed by atoms with Gasteiger partial charge in [-0.15, -0.1) is 0 Å². The zero-order chi connectivity index (χ0) is 18.6. The van der Waals surface area contributed by atoms with Gasteiger partial charge in [0.15, 0.2) is 0 Å². The summed E-state index contributed by atoms with van der Waals surface area (Å²) in [4.78, 5) is 0. The number of hydrogen-bond donors (Lipinski definition) is 0. The Kier molecular flexibility index (Phi) is 17.8. The summed E-state index contributed by atoms with van der Waals surface area (Å²) >= 11 is 0. The van der Waals surface area contributed by atoms with Gasteiger partial charge in [0, 0.05) is 0 Å². The van der Waals surface area contributed by atoms with Crippen LogP contribution in [0.4, 0.5) is 0 Å². The molecule has 0 saturated heterocycles. The molecule has 0 aromatic rings. The van der Waals surface area contributed by atoms with Crippen molar-refractivity contribution >= 4 is 0 Å². The van der Waals surface area contributed by atoms with Gasteiger partial charge in [-0.2, -0.15) is 0 Å². The van der Waals surface area contributed by atoms with Crippen molar-refractivity contribution in [2.45, 2.75) is 104 Å². The molecule has 1 nitrogen and oxygen atoms in total. The number of unbranched alkanes of at least 4 members (excludes halogenated alkanes) is 12. The maximum Gasteiger partial charge on any atom is 0.0973 e. The van der Waals surface area contributed by atoms with Gasteiger partial charge < -0.3 is 4.48 Å². The zero-order valence-corrected chi connectivity index (χ0v) is 17.7. The van der Waals surface area contributed by atoms with E-state index in [9.17, 15) is 0 Å². The van der Waals surface area contributed by atoms with E-state index in [0.29, 0.717) is 0 Å². The number of quaternary nitrogens is 1. The van der Waals surface area contributed by atoms with Crippen molar-refractivity contribution < 1.29 is 4.48 Å². The molecule has 0 atom stereocenters. The normalized spacial score (nSPS) is 11.6. The Hall–Kier alpha value is -0.560. The van der Waals surface area contributed by atoms with Crippen LogP contribution in [0.5, 0.6) is 0 Å². The van der Waals surface area contributed by atoms with Gasteiger partial charge in [-0.05, 0) is 37.8 Å². The van der Waals surface area contributed by atoms with E-state index in [1.165, 1.54) is 107 Å². The highest BCUT2D eigenvalue weighted by Gasteiger charge is 2.23. The van der Waals surface area contributed by atoms with E-state index in [4.69, 9.17) is 0 Å². The fourth-order valence-electron chi connectivity index (χ4n) is 3.91. The first-order chi connectivity index (χ1) is 12.2. The van der Waals surface area contributed by atoms with Crippen LogP contribution < -0.4 is 0 Å². The van der Waals surface area contributed by atoms with Crippen molar-refractivity contribution in [3.8, 4) is 0 Å². The second-order valence-corrected chi connectivity index (χ2v) is 7.97. The topological polar surface area (TPSA) is 0 Å². The Morgan fingerprint density at radius 3 is 1.16 bits per heavy atom. The standard InChI is InChI=1S/C24H48N/c1-5-9-11-13-15-17-19-23-25(21-7-3,22-8-4)24-20-18-16-14-12-10-6-2/h7-8H,3-6,9-24H2,1-2H3/q+1. The highest BCUT2D eigenvalue weighted by Crippen LogP contribution is 2.16. The third-order valence-electron chi connectivity index (χ3n) is 5.50. The molecule has 0 radical (unpaired) electrons. The molecule has 0 aliphatic rings. The van der Waals surface area contributed by atoms with Gasteiger partial charge in [-0.25, -0.2) is 0 Å². The van der Waals surface area contributed by atoms with Crippen molar-refractivity contribution in [2.24, 2.45) is 0 Å². The summed E-state index contributed by atoms with van der Waals surface area (Å²) < 4.78 is 1.19. The maximum atomic E-state index is 4.03. The third-order valence-corrected chi connectivity index (χ3v) is 5.50. The molecule has 0 aliphatic heterocycles. The van der Waals surface area contributed by atoms with Crippen LogP contribution in [0.3, 0.4) is 0 Å². The Morgan fingerprint density at radius 1 is 0.520 bits per heavy atom. The van der Waals surface area contributed by atoms with E-state index < -0.39 is 0 Å². The third kappa shape index (κ3) is 14.3. The van der Waals surface area contributed by atoms with Gasteiger partial charge in [0.25, 0.3) is 0 Å². The molecular weight excluding hydrogens is 302 g/mol. The fraction of sp³-hybridized carbons (Fsp3) is 0.833. The molecule has 148 valence electrons.